The van der Waals surface area contributed by atoms with Crippen LogP contribution in [-0.4, -0.2) is 6.21 Å². The molecule has 13 heavy (non-hydrogen) atoms. The summed E-state index contributed by atoms with van der Waals surface area (Å²) in [6.07, 6.45) is 5.43. The molecule has 0 bridgehead atoms. The van der Waals surface area contributed by atoms with Gasteiger partial charge in [0.15, 0.2) is 0 Å². The number of hydrogen-bond acceptors (Lipinski definition) is 1. The first-order chi connectivity index (χ1) is 6.25. The molecule has 1 aromatic carbocycles. The summed E-state index contributed by atoms with van der Waals surface area (Å²) in [5.41, 5.74) is 3.41. The molecule has 0 aliphatic rings. The first kappa shape index (κ1) is 9.72. The van der Waals surface area contributed by atoms with Gasteiger partial charge in [-0.25, -0.2) is 0 Å². The molecule has 0 fully saturated rings. The van der Waals surface area contributed by atoms with E-state index in [1.165, 1.54) is 11.1 Å². The number of aryl methyl sites for hydroxylation is 2. The van der Waals surface area contributed by atoms with Gasteiger partial charge in [0.2, 0.25) is 0 Å². The van der Waals surface area contributed by atoms with Gasteiger partial charge in [-0.15, -0.1) is 6.58 Å². The zero-order valence-corrected chi connectivity index (χ0v) is 8.17. The Morgan fingerprint density at radius 1 is 1.38 bits per heavy atom. The van der Waals surface area contributed by atoms with Gasteiger partial charge < -0.3 is 0 Å². The highest BCUT2D eigenvalue weighted by atomic mass is 14.7. The van der Waals surface area contributed by atoms with E-state index in [0.717, 1.165) is 5.69 Å². The molecular weight excluding hydrogens is 158 g/mol. The second-order valence-corrected chi connectivity index (χ2v) is 3.00. The quantitative estimate of drug-likeness (QED) is 0.489. The van der Waals surface area contributed by atoms with Crippen LogP contribution >= 0.6 is 0 Å². The van der Waals surface area contributed by atoms with Crippen molar-refractivity contribution in [2.45, 2.75) is 20.3 Å². The van der Waals surface area contributed by atoms with Crippen molar-refractivity contribution in [1.29, 1.82) is 0 Å². The predicted octanol–water partition coefficient (Wildman–Crippen LogP) is 3.46. The third kappa shape index (κ3) is 2.55. The number of nitrogens with zero attached hydrogens (tertiary/aromatic N) is 1. The van der Waals surface area contributed by atoms with Gasteiger partial charge in [-0.3, -0.25) is 4.99 Å². The molecule has 0 saturated heterocycles. The number of rotatable bonds is 3. The highest BCUT2D eigenvalue weighted by Crippen LogP contribution is 2.22. The Hall–Kier alpha value is -1.37. The minimum Gasteiger partial charge on any atom is -0.251 e. The second kappa shape index (κ2) is 4.61. The Labute approximate surface area is 79.8 Å². The maximum atomic E-state index is 4.27. The lowest BCUT2D eigenvalue weighted by Gasteiger charge is -2.02. The van der Waals surface area contributed by atoms with Gasteiger partial charge in [0.25, 0.3) is 0 Å². The topological polar surface area (TPSA) is 12.4 Å². The van der Waals surface area contributed by atoms with Crippen molar-refractivity contribution in [1.82, 2.24) is 0 Å². The lowest BCUT2D eigenvalue weighted by molar-refractivity contribution is 1.32. The van der Waals surface area contributed by atoms with E-state index in [1.54, 1.807) is 6.08 Å². The van der Waals surface area contributed by atoms with E-state index in [-0.39, 0.29) is 0 Å². The molecule has 0 aliphatic heterocycles. The normalized spacial score (nSPS) is 10.6. The van der Waals surface area contributed by atoms with Crippen molar-refractivity contribution in [3.8, 4) is 0 Å². The van der Waals surface area contributed by atoms with Gasteiger partial charge in [-0.05, 0) is 25.0 Å². The molecule has 1 nitrogen and oxygen atoms in total. The van der Waals surface area contributed by atoms with Crippen molar-refractivity contribution < 1.29 is 0 Å². The lowest BCUT2D eigenvalue weighted by atomic mass is 10.1. The standard InChI is InChI=1S/C12H14N/c1-4-5-9-13-12-10(2)7-6-8-11(12)3/h4,6-8H,1,5H2,2-3H3. The van der Waals surface area contributed by atoms with E-state index in [4.69, 9.17) is 0 Å². The second-order valence-electron chi connectivity index (χ2n) is 3.00. The van der Waals surface area contributed by atoms with Crippen molar-refractivity contribution in [2.75, 3.05) is 0 Å². The molecule has 0 aromatic heterocycles. The van der Waals surface area contributed by atoms with E-state index in [0.29, 0.717) is 6.42 Å². The van der Waals surface area contributed by atoms with E-state index in [1.807, 2.05) is 6.07 Å². The van der Waals surface area contributed by atoms with Crippen LogP contribution in [0.3, 0.4) is 0 Å². The Kier molecular flexibility index (Phi) is 3.44. The fourth-order valence-electron chi connectivity index (χ4n) is 1.17. The molecule has 0 aliphatic carbocycles. The first-order valence-electron chi connectivity index (χ1n) is 4.36. The molecule has 0 atom stereocenters. The molecule has 0 heterocycles. The van der Waals surface area contributed by atoms with Crippen LogP contribution in [0, 0.1) is 13.8 Å². The Morgan fingerprint density at radius 2 is 2.00 bits per heavy atom. The molecule has 1 radical (unpaired) electrons. The number of para-hydroxylation sites is 1. The summed E-state index contributed by atoms with van der Waals surface area (Å²) >= 11 is 0. The number of benzene rings is 1. The van der Waals surface area contributed by atoms with E-state index in [2.05, 4.69) is 43.8 Å². The summed E-state index contributed by atoms with van der Waals surface area (Å²) in [4.78, 5) is 4.27. The van der Waals surface area contributed by atoms with Crippen LogP contribution in [-0.2, 0) is 0 Å². The van der Waals surface area contributed by atoms with Crippen molar-refractivity contribution in [3.05, 3.63) is 42.0 Å². The summed E-state index contributed by atoms with van der Waals surface area (Å²) in [5.74, 6) is 0. The molecule has 0 amide bonds. The third-order valence-electron chi connectivity index (χ3n) is 1.87. The highest BCUT2D eigenvalue weighted by molar-refractivity contribution is 5.67. The Balaban J connectivity index is 2.92. The average Bonchev–Trinajstić information content (AvgIpc) is 2.10. The van der Waals surface area contributed by atoms with E-state index in [9.17, 15) is 0 Å². The molecule has 1 heteroatoms. The fourth-order valence-corrected chi connectivity index (χ4v) is 1.17. The van der Waals surface area contributed by atoms with Crippen LogP contribution in [0.25, 0.3) is 0 Å². The van der Waals surface area contributed by atoms with Crippen molar-refractivity contribution in [2.24, 2.45) is 4.99 Å². The van der Waals surface area contributed by atoms with Gasteiger partial charge in [-0.1, -0.05) is 24.3 Å². The Morgan fingerprint density at radius 3 is 2.54 bits per heavy atom. The van der Waals surface area contributed by atoms with Crippen LogP contribution in [0.2, 0.25) is 0 Å². The number of aliphatic imine (C=N–C) groups is 1. The van der Waals surface area contributed by atoms with Gasteiger partial charge in [0.05, 0.1) is 11.9 Å². The summed E-state index contributed by atoms with van der Waals surface area (Å²) in [5, 5.41) is 0. The van der Waals surface area contributed by atoms with Gasteiger partial charge in [0.1, 0.15) is 0 Å². The Bertz CT molecular complexity index is 304. The molecule has 0 saturated carbocycles. The monoisotopic (exact) mass is 172 g/mol. The zero-order chi connectivity index (χ0) is 9.68. The van der Waals surface area contributed by atoms with Crippen molar-refractivity contribution in [3.63, 3.8) is 0 Å². The summed E-state index contributed by atoms with van der Waals surface area (Å²) < 4.78 is 0. The number of allylic oxidation sites excluding steroid dienone is 1. The van der Waals surface area contributed by atoms with Gasteiger partial charge >= 0.3 is 0 Å². The predicted molar refractivity (Wildman–Crippen MR) is 57.8 cm³/mol. The van der Waals surface area contributed by atoms with E-state index < -0.39 is 0 Å². The smallest absolute Gasteiger partial charge is 0.0692 e. The average molecular weight is 172 g/mol. The fraction of sp³-hybridized carbons (Fsp3) is 0.250. The largest absolute Gasteiger partial charge is 0.251 e. The zero-order valence-electron chi connectivity index (χ0n) is 8.17. The minimum absolute atomic E-state index is 0.702. The maximum absolute atomic E-state index is 4.27. The molecule has 0 unspecified atom stereocenters. The van der Waals surface area contributed by atoms with Crippen LogP contribution in [0.15, 0.2) is 35.8 Å². The molecule has 0 N–H and O–H groups in total. The molecule has 1 aromatic rings. The van der Waals surface area contributed by atoms with Gasteiger partial charge in [0, 0.05) is 6.42 Å². The molecular formula is C12H14N. The SMILES string of the molecule is C=CC[C]=Nc1c(C)cccc1C. The maximum Gasteiger partial charge on any atom is 0.0692 e. The molecule has 67 valence electrons. The van der Waals surface area contributed by atoms with Gasteiger partial charge in [-0.2, -0.15) is 0 Å². The van der Waals surface area contributed by atoms with Crippen LogP contribution < -0.4 is 0 Å². The lowest BCUT2D eigenvalue weighted by Crippen LogP contribution is -1.80. The third-order valence-corrected chi connectivity index (χ3v) is 1.87. The van der Waals surface area contributed by atoms with E-state index >= 15 is 0 Å². The summed E-state index contributed by atoms with van der Waals surface area (Å²) in [7, 11) is 0. The molecule has 1 rings (SSSR count). The first-order valence-corrected chi connectivity index (χ1v) is 4.36. The molecule has 0 spiro atoms. The van der Waals surface area contributed by atoms with Crippen LogP contribution in [0.1, 0.15) is 17.5 Å². The highest BCUT2D eigenvalue weighted by Gasteiger charge is 1.97. The van der Waals surface area contributed by atoms with Crippen molar-refractivity contribution >= 4 is 11.9 Å². The summed E-state index contributed by atoms with van der Waals surface area (Å²) in [6.45, 7) is 7.73. The van der Waals surface area contributed by atoms with Crippen LogP contribution in [0.5, 0.6) is 0 Å². The minimum atomic E-state index is 0.702. The van der Waals surface area contributed by atoms with Crippen LogP contribution in [0.4, 0.5) is 5.69 Å². The summed E-state index contributed by atoms with van der Waals surface area (Å²) in [6, 6.07) is 6.15. The number of hydrogen-bond donors (Lipinski definition) is 0.